The highest BCUT2D eigenvalue weighted by Crippen LogP contribution is 2.35. The van der Waals surface area contributed by atoms with Gasteiger partial charge in [-0.1, -0.05) is 18.2 Å². The minimum absolute atomic E-state index is 0.0349. The van der Waals surface area contributed by atoms with Gasteiger partial charge in [-0.25, -0.2) is 0 Å². The van der Waals surface area contributed by atoms with Crippen molar-refractivity contribution in [2.75, 3.05) is 18.4 Å². The summed E-state index contributed by atoms with van der Waals surface area (Å²) >= 11 is 0. The molecule has 0 bridgehead atoms. The topological polar surface area (TPSA) is 41.6 Å². The number of para-hydroxylation sites is 1. The number of hydrogen-bond donors (Lipinski definition) is 1. The molecule has 0 radical (unpaired) electrons. The van der Waals surface area contributed by atoms with E-state index < -0.39 is 0 Å². The predicted molar refractivity (Wildman–Crippen MR) is 59.9 cm³/mol. The van der Waals surface area contributed by atoms with Crippen molar-refractivity contribution in [3.63, 3.8) is 0 Å². The molecule has 2 heterocycles. The van der Waals surface area contributed by atoms with E-state index in [4.69, 9.17) is 4.74 Å². The van der Waals surface area contributed by atoms with Crippen molar-refractivity contribution in [3.05, 3.63) is 29.8 Å². The molecule has 2 atom stereocenters. The van der Waals surface area contributed by atoms with Gasteiger partial charge in [0.2, 0.25) is 5.91 Å². The van der Waals surface area contributed by atoms with Crippen LogP contribution >= 0.6 is 0 Å². The van der Waals surface area contributed by atoms with Crippen molar-refractivity contribution < 1.29 is 9.53 Å². The summed E-state index contributed by atoms with van der Waals surface area (Å²) in [5, 5.41) is 2.91. The summed E-state index contributed by atoms with van der Waals surface area (Å²) in [6.07, 6.45) is 0.106. The first-order chi connectivity index (χ1) is 7.74. The van der Waals surface area contributed by atoms with Crippen molar-refractivity contribution >= 4 is 11.6 Å². The third kappa shape index (κ3) is 1.50. The van der Waals surface area contributed by atoms with Crippen LogP contribution in [0.15, 0.2) is 24.3 Å². The summed E-state index contributed by atoms with van der Waals surface area (Å²) in [6, 6.07) is 7.83. The Kier molecular flexibility index (Phi) is 2.19. The number of nitrogens with zero attached hydrogens (tertiary/aromatic N) is 1. The van der Waals surface area contributed by atoms with Gasteiger partial charge in [0.05, 0.1) is 12.6 Å². The van der Waals surface area contributed by atoms with Gasteiger partial charge in [-0.2, -0.15) is 0 Å². The van der Waals surface area contributed by atoms with Gasteiger partial charge >= 0.3 is 0 Å². The molecule has 16 heavy (non-hydrogen) atoms. The zero-order valence-corrected chi connectivity index (χ0v) is 9.14. The normalized spacial score (nSPS) is 29.2. The molecule has 2 aliphatic rings. The van der Waals surface area contributed by atoms with Crippen LogP contribution in [0.4, 0.5) is 5.69 Å². The molecule has 4 heteroatoms. The standard InChI is InChI=1S/C12H14N2O2/c1-8-6-14-7-11(15)13-10-5-3-2-4-9(10)12(14)16-8/h2-5,8,12H,6-7H2,1H3,(H,13,15)/t8-,12+/m1/s1. The third-order valence-electron chi connectivity index (χ3n) is 3.03. The van der Waals surface area contributed by atoms with E-state index >= 15 is 0 Å². The van der Waals surface area contributed by atoms with Crippen LogP contribution in [0.1, 0.15) is 18.7 Å². The van der Waals surface area contributed by atoms with Crippen molar-refractivity contribution in [1.29, 1.82) is 0 Å². The molecule has 84 valence electrons. The predicted octanol–water partition coefficient (Wildman–Crippen LogP) is 1.36. The van der Waals surface area contributed by atoms with E-state index in [-0.39, 0.29) is 18.2 Å². The Morgan fingerprint density at radius 2 is 2.25 bits per heavy atom. The highest BCUT2D eigenvalue weighted by atomic mass is 16.5. The first-order valence-corrected chi connectivity index (χ1v) is 5.52. The summed E-state index contributed by atoms with van der Waals surface area (Å²) in [5.41, 5.74) is 1.92. The number of rotatable bonds is 0. The summed E-state index contributed by atoms with van der Waals surface area (Å²) in [7, 11) is 0. The number of anilines is 1. The molecule has 0 aliphatic carbocycles. The molecule has 1 aromatic rings. The van der Waals surface area contributed by atoms with Gasteiger partial charge in [0.15, 0.2) is 0 Å². The number of amides is 1. The Balaban J connectivity index is 2.06. The summed E-state index contributed by atoms with van der Waals surface area (Å²) in [6.45, 7) is 3.26. The van der Waals surface area contributed by atoms with Crippen LogP contribution in [0.2, 0.25) is 0 Å². The molecule has 3 rings (SSSR count). The zero-order chi connectivity index (χ0) is 11.1. The van der Waals surface area contributed by atoms with Gasteiger partial charge in [-0.05, 0) is 13.0 Å². The Morgan fingerprint density at radius 3 is 3.12 bits per heavy atom. The fourth-order valence-corrected chi connectivity index (χ4v) is 2.39. The number of nitrogens with one attached hydrogen (secondary N) is 1. The smallest absolute Gasteiger partial charge is 0.238 e. The van der Waals surface area contributed by atoms with Crippen LogP contribution in [-0.4, -0.2) is 30.0 Å². The van der Waals surface area contributed by atoms with Gasteiger partial charge in [0.1, 0.15) is 6.23 Å². The average molecular weight is 218 g/mol. The van der Waals surface area contributed by atoms with E-state index in [9.17, 15) is 4.79 Å². The maximum atomic E-state index is 11.7. The van der Waals surface area contributed by atoms with Crippen LogP contribution in [0, 0.1) is 0 Å². The maximum absolute atomic E-state index is 11.7. The van der Waals surface area contributed by atoms with Crippen LogP contribution in [0.3, 0.4) is 0 Å². The molecule has 1 fully saturated rings. The molecular weight excluding hydrogens is 204 g/mol. The lowest BCUT2D eigenvalue weighted by Crippen LogP contribution is -2.30. The number of carbonyl (C=O) groups is 1. The van der Waals surface area contributed by atoms with Gasteiger partial charge in [0, 0.05) is 17.8 Å². The first-order valence-electron chi connectivity index (χ1n) is 5.52. The second kappa shape index (κ2) is 3.57. The molecule has 0 aromatic heterocycles. The van der Waals surface area contributed by atoms with Crippen LogP contribution in [0.5, 0.6) is 0 Å². The monoisotopic (exact) mass is 218 g/mol. The Bertz CT molecular complexity index is 433. The summed E-state index contributed by atoms with van der Waals surface area (Å²) in [5.74, 6) is 0.0349. The Morgan fingerprint density at radius 1 is 1.44 bits per heavy atom. The maximum Gasteiger partial charge on any atom is 0.238 e. The minimum atomic E-state index is -0.0786. The zero-order valence-electron chi connectivity index (χ0n) is 9.14. The van der Waals surface area contributed by atoms with Crippen molar-refractivity contribution in [1.82, 2.24) is 4.90 Å². The Labute approximate surface area is 94.2 Å². The van der Waals surface area contributed by atoms with Crippen molar-refractivity contribution in [3.8, 4) is 0 Å². The van der Waals surface area contributed by atoms with Gasteiger partial charge in [-0.15, -0.1) is 0 Å². The molecule has 1 aromatic carbocycles. The van der Waals surface area contributed by atoms with Crippen molar-refractivity contribution in [2.24, 2.45) is 0 Å². The van der Waals surface area contributed by atoms with Gasteiger partial charge in [0.25, 0.3) is 0 Å². The Hall–Kier alpha value is -1.39. The molecule has 4 nitrogen and oxygen atoms in total. The van der Waals surface area contributed by atoms with Crippen molar-refractivity contribution in [2.45, 2.75) is 19.3 Å². The van der Waals surface area contributed by atoms with E-state index in [0.29, 0.717) is 6.54 Å². The minimum Gasteiger partial charge on any atom is -0.354 e. The van der Waals surface area contributed by atoms with E-state index in [1.807, 2.05) is 31.2 Å². The molecule has 1 saturated heterocycles. The van der Waals surface area contributed by atoms with Crippen LogP contribution < -0.4 is 5.32 Å². The molecule has 0 unspecified atom stereocenters. The molecular formula is C12H14N2O2. The highest BCUT2D eigenvalue weighted by molar-refractivity contribution is 5.93. The number of benzene rings is 1. The van der Waals surface area contributed by atoms with Gasteiger partial charge < -0.3 is 10.1 Å². The molecule has 0 spiro atoms. The van der Waals surface area contributed by atoms with E-state index in [1.165, 1.54) is 0 Å². The lowest BCUT2D eigenvalue weighted by Gasteiger charge is -2.19. The van der Waals surface area contributed by atoms with E-state index in [1.54, 1.807) is 0 Å². The van der Waals surface area contributed by atoms with E-state index in [2.05, 4.69) is 10.2 Å². The number of hydrogen-bond acceptors (Lipinski definition) is 3. The van der Waals surface area contributed by atoms with Crippen LogP contribution in [-0.2, 0) is 9.53 Å². The second-order valence-corrected chi connectivity index (χ2v) is 4.36. The highest BCUT2D eigenvalue weighted by Gasteiger charge is 2.36. The van der Waals surface area contributed by atoms with Crippen LogP contribution in [0.25, 0.3) is 0 Å². The number of ether oxygens (including phenoxy) is 1. The SMILES string of the molecule is C[C@@H]1CN2CC(=O)Nc3ccccc3[C@@H]2O1. The van der Waals surface area contributed by atoms with Gasteiger partial charge in [-0.3, -0.25) is 9.69 Å². The lowest BCUT2D eigenvalue weighted by molar-refractivity contribution is -0.118. The molecule has 0 saturated carbocycles. The van der Waals surface area contributed by atoms with E-state index in [0.717, 1.165) is 17.8 Å². The second-order valence-electron chi connectivity index (χ2n) is 4.36. The largest absolute Gasteiger partial charge is 0.354 e. The molecule has 1 amide bonds. The molecule has 1 N–H and O–H groups in total. The molecule has 2 aliphatic heterocycles. The lowest BCUT2D eigenvalue weighted by atomic mass is 10.1. The fraction of sp³-hybridized carbons (Fsp3) is 0.417. The fourth-order valence-electron chi connectivity index (χ4n) is 2.39. The third-order valence-corrected chi connectivity index (χ3v) is 3.03. The number of carbonyl (C=O) groups excluding carboxylic acids is 1. The number of fused-ring (bicyclic) bond motifs is 3. The summed E-state index contributed by atoms with van der Waals surface area (Å²) < 4.78 is 5.85. The first kappa shape index (κ1) is 9.81. The summed E-state index contributed by atoms with van der Waals surface area (Å²) in [4.78, 5) is 13.8. The quantitative estimate of drug-likeness (QED) is 0.715. The average Bonchev–Trinajstić information content (AvgIpc) is 2.54.